The van der Waals surface area contributed by atoms with Crippen LogP contribution in [0.15, 0.2) is 42.2 Å². The maximum Gasteiger partial charge on any atom is 0.233 e. The van der Waals surface area contributed by atoms with Crippen LogP contribution in [0.3, 0.4) is 0 Å². The molecule has 3 nitrogen and oxygen atoms in total. The minimum Gasteiger partial charge on any atom is -0.490 e. The van der Waals surface area contributed by atoms with E-state index in [-0.39, 0.29) is 24.0 Å². The smallest absolute Gasteiger partial charge is 0.233 e. The summed E-state index contributed by atoms with van der Waals surface area (Å²) in [6.07, 6.45) is 1.98. The second-order valence-electron chi connectivity index (χ2n) is 4.25. The fraction of sp³-hybridized carbons (Fsp3) is 0.308. The summed E-state index contributed by atoms with van der Waals surface area (Å²) in [7, 11) is 0. The highest BCUT2D eigenvalue weighted by molar-refractivity contribution is 5.91. The van der Waals surface area contributed by atoms with Crippen molar-refractivity contribution in [2.24, 2.45) is 5.92 Å². The van der Waals surface area contributed by atoms with Gasteiger partial charge >= 0.3 is 0 Å². The van der Waals surface area contributed by atoms with Crippen LogP contribution in [0.1, 0.15) is 18.6 Å². The van der Waals surface area contributed by atoms with Crippen LogP contribution in [-0.4, -0.2) is 11.9 Å². The number of nitrogens with one attached hydrogen (secondary N) is 1. The molecule has 1 aliphatic carbocycles. The molecular weight excluding hydrogens is 202 g/mol. The van der Waals surface area contributed by atoms with Crippen molar-refractivity contribution in [3.05, 3.63) is 47.7 Å². The summed E-state index contributed by atoms with van der Waals surface area (Å²) in [5.41, 5.74) is 1.13. The maximum absolute atomic E-state index is 11.2. The molecule has 0 bridgehead atoms. The first-order valence-corrected chi connectivity index (χ1v) is 5.49. The first-order valence-electron chi connectivity index (χ1n) is 5.49. The van der Waals surface area contributed by atoms with E-state index in [2.05, 4.69) is 5.32 Å². The second-order valence-corrected chi connectivity index (χ2v) is 4.25. The molecule has 0 aromatic heterocycles. The van der Waals surface area contributed by atoms with Gasteiger partial charge in [0.25, 0.3) is 0 Å². The predicted octanol–water partition coefficient (Wildman–Crippen LogP) is 1.78. The van der Waals surface area contributed by atoms with Crippen molar-refractivity contribution in [2.75, 3.05) is 0 Å². The highest BCUT2D eigenvalue weighted by atomic mass is 16.5. The van der Waals surface area contributed by atoms with Crippen LogP contribution in [0.4, 0.5) is 0 Å². The van der Waals surface area contributed by atoms with Gasteiger partial charge < -0.3 is 10.1 Å². The van der Waals surface area contributed by atoms with Crippen LogP contribution in [0.25, 0.3) is 0 Å². The summed E-state index contributed by atoms with van der Waals surface area (Å²) in [4.78, 5) is 11.2. The van der Waals surface area contributed by atoms with Gasteiger partial charge in [0.2, 0.25) is 5.91 Å². The Labute approximate surface area is 94.1 Å². The van der Waals surface area contributed by atoms with Gasteiger partial charge in [-0.15, -0.1) is 0 Å². The minimum atomic E-state index is -0.0221. The molecule has 0 spiro atoms. The van der Waals surface area contributed by atoms with Crippen molar-refractivity contribution in [3.63, 3.8) is 0 Å². The lowest BCUT2D eigenvalue weighted by Gasteiger charge is -2.44. The van der Waals surface area contributed by atoms with E-state index in [9.17, 15) is 4.79 Å². The largest absolute Gasteiger partial charge is 0.490 e. The predicted molar refractivity (Wildman–Crippen MR) is 59.4 cm³/mol. The normalized spacial score (nSPS) is 27.8. The summed E-state index contributed by atoms with van der Waals surface area (Å²) in [5.74, 6) is 0.888. The van der Waals surface area contributed by atoms with Gasteiger partial charge in [0.1, 0.15) is 17.8 Å². The molecule has 1 aromatic rings. The fourth-order valence-electron chi connectivity index (χ4n) is 2.12. The van der Waals surface area contributed by atoms with E-state index in [1.54, 1.807) is 0 Å². The van der Waals surface area contributed by atoms with Crippen LogP contribution in [-0.2, 0) is 9.53 Å². The molecule has 1 amide bonds. The van der Waals surface area contributed by atoms with Crippen molar-refractivity contribution in [2.45, 2.75) is 19.1 Å². The monoisotopic (exact) mass is 215 g/mol. The third-order valence-corrected chi connectivity index (χ3v) is 3.18. The Morgan fingerprint density at radius 1 is 1.31 bits per heavy atom. The number of carbonyl (C=O) groups is 1. The molecule has 1 fully saturated rings. The lowest BCUT2D eigenvalue weighted by Crippen LogP contribution is -2.63. The summed E-state index contributed by atoms with van der Waals surface area (Å²) >= 11 is 0. The number of amides is 1. The fourth-order valence-corrected chi connectivity index (χ4v) is 2.12. The van der Waals surface area contributed by atoms with Crippen LogP contribution in [0.2, 0.25) is 0 Å². The Morgan fingerprint density at radius 2 is 2.06 bits per heavy atom. The minimum absolute atomic E-state index is 0.00167. The average molecular weight is 215 g/mol. The Balaban J connectivity index is 1.68. The molecule has 1 aromatic carbocycles. The average Bonchev–Trinajstić information content (AvgIpc) is 2.27. The third kappa shape index (κ3) is 1.32. The highest BCUT2D eigenvalue weighted by Crippen LogP contribution is 2.38. The lowest BCUT2D eigenvalue weighted by atomic mass is 9.78. The van der Waals surface area contributed by atoms with Crippen molar-refractivity contribution in [1.82, 2.24) is 5.32 Å². The van der Waals surface area contributed by atoms with E-state index in [4.69, 9.17) is 4.74 Å². The van der Waals surface area contributed by atoms with Gasteiger partial charge in [-0.25, -0.2) is 0 Å². The van der Waals surface area contributed by atoms with Crippen molar-refractivity contribution >= 4 is 5.91 Å². The lowest BCUT2D eigenvalue weighted by molar-refractivity contribution is -0.136. The Morgan fingerprint density at radius 3 is 2.69 bits per heavy atom. The van der Waals surface area contributed by atoms with Gasteiger partial charge in [0.15, 0.2) is 0 Å². The molecule has 1 heterocycles. The molecule has 3 heteroatoms. The molecule has 3 rings (SSSR count). The summed E-state index contributed by atoms with van der Waals surface area (Å²) in [6.45, 7) is 2.00. The molecule has 1 saturated heterocycles. The summed E-state index contributed by atoms with van der Waals surface area (Å²) in [5, 5.41) is 2.79. The van der Waals surface area contributed by atoms with E-state index < -0.39 is 0 Å². The highest BCUT2D eigenvalue weighted by Gasteiger charge is 2.49. The van der Waals surface area contributed by atoms with Gasteiger partial charge in [-0.1, -0.05) is 30.3 Å². The van der Waals surface area contributed by atoms with Gasteiger partial charge in [-0.2, -0.15) is 0 Å². The Hall–Kier alpha value is -1.77. The molecule has 16 heavy (non-hydrogen) atoms. The van der Waals surface area contributed by atoms with Crippen molar-refractivity contribution < 1.29 is 9.53 Å². The zero-order chi connectivity index (χ0) is 11.1. The number of rotatable bonds is 3. The SMILES string of the molecule is C[C@H](OC1=C[C@@H]2NC(=O)[C@@H]12)c1ccccc1. The van der Waals surface area contributed by atoms with Gasteiger partial charge in [0, 0.05) is 0 Å². The first kappa shape index (κ1) is 9.46. The Bertz CT molecular complexity index is 452. The topological polar surface area (TPSA) is 38.3 Å². The quantitative estimate of drug-likeness (QED) is 0.780. The molecule has 82 valence electrons. The molecule has 0 saturated carbocycles. The van der Waals surface area contributed by atoms with Crippen LogP contribution in [0.5, 0.6) is 0 Å². The Kier molecular flexibility index (Phi) is 1.99. The van der Waals surface area contributed by atoms with Crippen LogP contribution in [0, 0.1) is 5.92 Å². The van der Waals surface area contributed by atoms with E-state index in [1.165, 1.54) is 0 Å². The van der Waals surface area contributed by atoms with E-state index in [1.807, 2.05) is 43.3 Å². The molecule has 0 unspecified atom stereocenters. The number of carbonyl (C=O) groups excluding carboxylic acids is 1. The second kappa shape index (κ2) is 3.37. The van der Waals surface area contributed by atoms with Gasteiger partial charge in [-0.05, 0) is 18.6 Å². The zero-order valence-electron chi connectivity index (χ0n) is 9.01. The van der Waals surface area contributed by atoms with Crippen LogP contribution >= 0.6 is 0 Å². The molecule has 2 aliphatic rings. The molecule has 3 atom stereocenters. The number of ether oxygens (including phenoxy) is 1. The number of fused-ring (bicyclic) bond motifs is 1. The molecule has 1 N–H and O–H groups in total. The standard InChI is InChI=1S/C13H13NO2/c1-8(9-5-3-2-4-6-9)16-11-7-10-12(11)13(15)14-10/h2-8,10,12H,1H3,(H,14,15)/t8-,10-,12+/m0/s1. The van der Waals surface area contributed by atoms with E-state index >= 15 is 0 Å². The summed E-state index contributed by atoms with van der Waals surface area (Å²) < 4.78 is 5.78. The number of β-lactam (4-membered cyclic amide) rings is 1. The number of hydrogen-bond acceptors (Lipinski definition) is 2. The van der Waals surface area contributed by atoms with E-state index in [0.717, 1.165) is 11.3 Å². The number of benzene rings is 1. The van der Waals surface area contributed by atoms with Gasteiger partial charge in [0.05, 0.1) is 6.04 Å². The zero-order valence-corrected chi connectivity index (χ0v) is 9.01. The van der Waals surface area contributed by atoms with Crippen LogP contribution < -0.4 is 5.32 Å². The molecular formula is C13H13NO2. The van der Waals surface area contributed by atoms with E-state index in [0.29, 0.717) is 0 Å². The maximum atomic E-state index is 11.2. The first-order chi connectivity index (χ1) is 7.75. The van der Waals surface area contributed by atoms with Gasteiger partial charge in [-0.3, -0.25) is 4.79 Å². The van der Waals surface area contributed by atoms with Crippen molar-refractivity contribution in [3.8, 4) is 0 Å². The molecule has 1 aliphatic heterocycles. The molecule has 0 radical (unpaired) electrons. The van der Waals surface area contributed by atoms with Crippen molar-refractivity contribution in [1.29, 1.82) is 0 Å². The third-order valence-electron chi connectivity index (χ3n) is 3.18. The number of hydrogen-bond donors (Lipinski definition) is 1. The summed E-state index contributed by atoms with van der Waals surface area (Å²) in [6, 6.07) is 10.2.